The summed E-state index contributed by atoms with van der Waals surface area (Å²) < 4.78 is 2.01. The Kier molecular flexibility index (Phi) is 3.01. The van der Waals surface area contributed by atoms with Crippen LogP contribution in [0.4, 0.5) is 5.69 Å². The van der Waals surface area contributed by atoms with Crippen LogP contribution in [-0.4, -0.2) is 26.4 Å². The number of rotatable bonds is 1. The van der Waals surface area contributed by atoms with Gasteiger partial charge in [-0.1, -0.05) is 23.7 Å². The second kappa shape index (κ2) is 5.03. The molecular formula is C16H13ClN4O. The average molecular weight is 313 g/mol. The molecule has 3 aromatic rings. The lowest BCUT2D eigenvalue weighted by atomic mass is 10.2. The van der Waals surface area contributed by atoms with Crippen molar-refractivity contribution < 1.29 is 5.11 Å². The molecule has 2 aromatic carbocycles. The Morgan fingerprint density at radius 3 is 2.91 bits per heavy atom. The van der Waals surface area contributed by atoms with Gasteiger partial charge in [-0.25, -0.2) is 0 Å². The number of benzene rings is 2. The molecule has 22 heavy (non-hydrogen) atoms. The lowest BCUT2D eigenvalue weighted by molar-refractivity contribution is 0.475. The molecule has 0 saturated carbocycles. The zero-order valence-corrected chi connectivity index (χ0v) is 12.4. The number of halogens is 1. The molecule has 0 fully saturated rings. The Bertz CT molecular complexity index is 859. The highest BCUT2D eigenvalue weighted by molar-refractivity contribution is 6.31. The van der Waals surface area contributed by atoms with Gasteiger partial charge in [-0.3, -0.25) is 4.57 Å². The van der Waals surface area contributed by atoms with Crippen LogP contribution in [0.5, 0.6) is 5.75 Å². The van der Waals surface area contributed by atoms with Crippen LogP contribution in [0.15, 0.2) is 42.5 Å². The van der Waals surface area contributed by atoms with Gasteiger partial charge in [-0.05, 0) is 30.3 Å². The van der Waals surface area contributed by atoms with Crippen molar-refractivity contribution in [1.82, 2.24) is 14.8 Å². The van der Waals surface area contributed by atoms with E-state index in [0.717, 1.165) is 35.7 Å². The van der Waals surface area contributed by atoms with Gasteiger partial charge in [0.1, 0.15) is 11.6 Å². The highest BCUT2D eigenvalue weighted by Gasteiger charge is 2.20. The fourth-order valence-electron chi connectivity index (χ4n) is 2.72. The number of hydrogen-bond donors (Lipinski definition) is 2. The molecule has 0 spiro atoms. The minimum atomic E-state index is 0.206. The van der Waals surface area contributed by atoms with E-state index in [2.05, 4.69) is 15.5 Å². The van der Waals surface area contributed by atoms with Gasteiger partial charge in [-0.2, -0.15) is 0 Å². The Balaban J connectivity index is 1.96. The van der Waals surface area contributed by atoms with Crippen LogP contribution in [0.2, 0.25) is 5.02 Å². The summed E-state index contributed by atoms with van der Waals surface area (Å²) in [7, 11) is 0. The van der Waals surface area contributed by atoms with Crippen LogP contribution in [0, 0.1) is 0 Å². The van der Waals surface area contributed by atoms with Crippen LogP contribution in [0.25, 0.3) is 17.1 Å². The molecule has 2 heterocycles. The predicted molar refractivity (Wildman–Crippen MR) is 85.7 cm³/mol. The van der Waals surface area contributed by atoms with Crippen LogP contribution in [0.1, 0.15) is 5.82 Å². The molecule has 1 aromatic heterocycles. The molecule has 0 bridgehead atoms. The smallest absolute Gasteiger partial charge is 0.168 e. The van der Waals surface area contributed by atoms with Crippen molar-refractivity contribution in [3.63, 3.8) is 0 Å². The number of nitrogens with zero attached hydrogens (tertiary/aromatic N) is 3. The van der Waals surface area contributed by atoms with Gasteiger partial charge in [0.05, 0.1) is 11.4 Å². The van der Waals surface area contributed by atoms with E-state index in [1.807, 2.05) is 28.8 Å². The third-order valence-corrected chi connectivity index (χ3v) is 3.93. The SMILES string of the molecule is Oc1cccc(-c2nnc3n2-c2ccc(Cl)cc2NCC3)c1. The monoisotopic (exact) mass is 312 g/mol. The zero-order chi connectivity index (χ0) is 15.1. The first-order valence-electron chi connectivity index (χ1n) is 7.00. The lowest BCUT2D eigenvalue weighted by Gasteiger charge is -2.12. The largest absolute Gasteiger partial charge is 0.508 e. The Morgan fingerprint density at radius 2 is 2.05 bits per heavy atom. The van der Waals surface area contributed by atoms with Gasteiger partial charge in [0, 0.05) is 23.6 Å². The molecular weight excluding hydrogens is 300 g/mol. The number of aromatic hydroxyl groups is 1. The summed E-state index contributed by atoms with van der Waals surface area (Å²) in [5.74, 6) is 1.79. The van der Waals surface area contributed by atoms with Crippen molar-refractivity contribution in [3.05, 3.63) is 53.3 Å². The summed E-state index contributed by atoms with van der Waals surface area (Å²) in [5, 5.41) is 22.4. The van der Waals surface area contributed by atoms with Gasteiger partial charge in [0.25, 0.3) is 0 Å². The zero-order valence-electron chi connectivity index (χ0n) is 11.6. The fourth-order valence-corrected chi connectivity index (χ4v) is 2.89. The van der Waals surface area contributed by atoms with Gasteiger partial charge in [0.2, 0.25) is 0 Å². The number of phenolic OH excluding ortho intramolecular Hbond substituents is 1. The van der Waals surface area contributed by atoms with E-state index < -0.39 is 0 Å². The van der Waals surface area contributed by atoms with E-state index in [1.54, 1.807) is 18.2 Å². The lowest BCUT2D eigenvalue weighted by Crippen LogP contribution is -2.03. The fraction of sp³-hybridized carbons (Fsp3) is 0.125. The maximum atomic E-state index is 9.72. The van der Waals surface area contributed by atoms with Crippen molar-refractivity contribution in [2.45, 2.75) is 6.42 Å². The number of aromatic nitrogens is 3. The summed E-state index contributed by atoms with van der Waals surface area (Å²) in [6.07, 6.45) is 0.762. The second-order valence-corrected chi connectivity index (χ2v) is 5.60. The third kappa shape index (κ3) is 2.10. The number of hydrogen-bond acceptors (Lipinski definition) is 4. The third-order valence-electron chi connectivity index (χ3n) is 3.70. The maximum Gasteiger partial charge on any atom is 0.168 e. The molecule has 110 valence electrons. The van der Waals surface area contributed by atoms with Gasteiger partial charge in [0.15, 0.2) is 5.82 Å². The van der Waals surface area contributed by atoms with Crippen molar-refractivity contribution in [2.24, 2.45) is 0 Å². The van der Waals surface area contributed by atoms with Crippen LogP contribution < -0.4 is 5.32 Å². The van der Waals surface area contributed by atoms with Gasteiger partial charge < -0.3 is 10.4 Å². The standard InChI is InChI=1S/C16H13ClN4O/c17-11-4-5-14-13(9-11)18-7-6-15-19-20-16(21(14)15)10-2-1-3-12(22)8-10/h1-5,8-9,18,22H,6-7H2. The summed E-state index contributed by atoms with van der Waals surface area (Å²) in [4.78, 5) is 0. The normalized spacial score (nSPS) is 13.0. The van der Waals surface area contributed by atoms with E-state index in [1.165, 1.54) is 0 Å². The van der Waals surface area contributed by atoms with Crippen LogP contribution in [-0.2, 0) is 6.42 Å². The molecule has 4 rings (SSSR count). The number of nitrogens with one attached hydrogen (secondary N) is 1. The molecule has 0 aliphatic carbocycles. The van der Waals surface area contributed by atoms with Crippen LogP contribution >= 0.6 is 11.6 Å². The quantitative estimate of drug-likeness (QED) is 0.724. The van der Waals surface area contributed by atoms with E-state index in [0.29, 0.717) is 10.8 Å². The van der Waals surface area contributed by atoms with Crippen molar-refractivity contribution in [2.75, 3.05) is 11.9 Å². The number of fused-ring (bicyclic) bond motifs is 3. The molecule has 0 radical (unpaired) electrons. The van der Waals surface area contributed by atoms with Crippen molar-refractivity contribution >= 4 is 17.3 Å². The second-order valence-electron chi connectivity index (χ2n) is 5.16. The summed E-state index contributed by atoms with van der Waals surface area (Å²) >= 11 is 6.09. The summed E-state index contributed by atoms with van der Waals surface area (Å²) in [6, 6.07) is 12.7. The molecule has 5 nitrogen and oxygen atoms in total. The first-order chi connectivity index (χ1) is 10.7. The first-order valence-corrected chi connectivity index (χ1v) is 7.38. The van der Waals surface area contributed by atoms with E-state index in [-0.39, 0.29) is 5.75 Å². The molecule has 6 heteroatoms. The topological polar surface area (TPSA) is 63.0 Å². The minimum Gasteiger partial charge on any atom is -0.508 e. The molecule has 1 aliphatic rings. The van der Waals surface area contributed by atoms with Crippen molar-refractivity contribution in [1.29, 1.82) is 0 Å². The highest BCUT2D eigenvalue weighted by Crippen LogP contribution is 2.32. The Hall–Kier alpha value is -2.53. The Labute approximate surface area is 132 Å². The summed E-state index contributed by atoms with van der Waals surface area (Å²) in [6.45, 7) is 0.769. The maximum absolute atomic E-state index is 9.72. The molecule has 0 atom stereocenters. The van der Waals surface area contributed by atoms with E-state index in [4.69, 9.17) is 11.6 Å². The van der Waals surface area contributed by atoms with Crippen molar-refractivity contribution in [3.8, 4) is 22.8 Å². The number of anilines is 1. The van der Waals surface area contributed by atoms with Gasteiger partial charge >= 0.3 is 0 Å². The van der Waals surface area contributed by atoms with Crippen LogP contribution in [0.3, 0.4) is 0 Å². The molecule has 2 N–H and O–H groups in total. The van der Waals surface area contributed by atoms with Gasteiger partial charge in [-0.15, -0.1) is 10.2 Å². The first kappa shape index (κ1) is 13.2. The Morgan fingerprint density at radius 1 is 1.14 bits per heavy atom. The average Bonchev–Trinajstić information content (AvgIpc) is 2.83. The molecule has 0 saturated heterocycles. The minimum absolute atomic E-state index is 0.206. The van der Waals surface area contributed by atoms with E-state index >= 15 is 0 Å². The molecule has 0 amide bonds. The summed E-state index contributed by atoms with van der Waals surface area (Å²) in [5.41, 5.74) is 2.73. The number of phenols is 1. The van der Waals surface area contributed by atoms with E-state index in [9.17, 15) is 5.11 Å². The predicted octanol–water partition coefficient (Wildman–Crippen LogP) is 3.26. The molecule has 1 aliphatic heterocycles. The molecule has 0 unspecified atom stereocenters. The highest BCUT2D eigenvalue weighted by atomic mass is 35.5.